The van der Waals surface area contributed by atoms with Crippen molar-refractivity contribution in [2.75, 3.05) is 6.61 Å². The van der Waals surface area contributed by atoms with Crippen LogP contribution in [0.1, 0.15) is 43.4 Å². The third-order valence-corrected chi connectivity index (χ3v) is 4.85. The molecule has 25 heavy (non-hydrogen) atoms. The third kappa shape index (κ3) is 2.90. The summed E-state index contributed by atoms with van der Waals surface area (Å²) in [5.74, 6) is 3.63. The molecule has 1 aliphatic carbocycles. The van der Waals surface area contributed by atoms with Gasteiger partial charge in [0, 0.05) is 36.6 Å². The summed E-state index contributed by atoms with van der Waals surface area (Å²) in [4.78, 5) is 13.3. The number of ether oxygens (including phenoxy) is 1. The van der Waals surface area contributed by atoms with Crippen LogP contribution in [-0.2, 0) is 6.42 Å². The minimum absolute atomic E-state index is 0.0709. The molecule has 7 nitrogen and oxygen atoms in total. The first-order valence-electron chi connectivity index (χ1n) is 8.81. The summed E-state index contributed by atoms with van der Waals surface area (Å²) in [5.41, 5.74) is 0.829. The number of imidazole rings is 1. The van der Waals surface area contributed by atoms with Crippen molar-refractivity contribution in [2.45, 2.75) is 38.1 Å². The van der Waals surface area contributed by atoms with Gasteiger partial charge < -0.3 is 13.8 Å². The van der Waals surface area contributed by atoms with Gasteiger partial charge in [0.05, 0.1) is 6.61 Å². The minimum Gasteiger partial charge on any atom is -0.477 e. The van der Waals surface area contributed by atoms with Gasteiger partial charge in [0.25, 0.3) is 0 Å². The van der Waals surface area contributed by atoms with E-state index in [0.29, 0.717) is 23.5 Å². The summed E-state index contributed by atoms with van der Waals surface area (Å²) in [6.07, 6.45) is 11.1. The lowest BCUT2D eigenvalue weighted by molar-refractivity contribution is 0.288. The van der Waals surface area contributed by atoms with Gasteiger partial charge >= 0.3 is 0 Å². The van der Waals surface area contributed by atoms with Crippen molar-refractivity contribution in [1.29, 1.82) is 0 Å². The molecule has 1 unspecified atom stereocenters. The van der Waals surface area contributed by atoms with Gasteiger partial charge in [-0.2, -0.15) is 4.98 Å². The number of aromatic nitrogens is 5. The van der Waals surface area contributed by atoms with E-state index in [1.807, 2.05) is 24.5 Å². The van der Waals surface area contributed by atoms with E-state index in [1.54, 1.807) is 6.20 Å². The molecule has 1 saturated carbocycles. The van der Waals surface area contributed by atoms with E-state index in [0.717, 1.165) is 37.3 Å². The van der Waals surface area contributed by atoms with Crippen molar-refractivity contribution in [3.05, 3.63) is 42.4 Å². The molecule has 128 valence electrons. The summed E-state index contributed by atoms with van der Waals surface area (Å²) in [5, 5.41) is 4.13. The van der Waals surface area contributed by atoms with E-state index in [-0.39, 0.29) is 6.04 Å². The van der Waals surface area contributed by atoms with Crippen LogP contribution in [0.3, 0.4) is 0 Å². The number of fused-ring (bicyclic) bond motifs is 1. The van der Waals surface area contributed by atoms with E-state index in [1.165, 1.54) is 12.8 Å². The first-order chi connectivity index (χ1) is 12.4. The molecule has 3 aromatic heterocycles. The zero-order valence-corrected chi connectivity index (χ0v) is 13.8. The Hall–Kier alpha value is -2.70. The fourth-order valence-corrected chi connectivity index (χ4v) is 3.23. The van der Waals surface area contributed by atoms with Crippen molar-refractivity contribution < 1.29 is 9.26 Å². The van der Waals surface area contributed by atoms with Gasteiger partial charge in [0.2, 0.25) is 17.6 Å². The maximum absolute atomic E-state index is 5.67. The van der Waals surface area contributed by atoms with Crippen molar-refractivity contribution in [1.82, 2.24) is 24.7 Å². The maximum Gasteiger partial charge on any atom is 0.250 e. The third-order valence-electron chi connectivity index (χ3n) is 4.85. The lowest BCUT2D eigenvalue weighted by Gasteiger charge is -2.21. The van der Waals surface area contributed by atoms with Gasteiger partial charge in [-0.1, -0.05) is 5.16 Å². The van der Waals surface area contributed by atoms with Crippen molar-refractivity contribution in [3.8, 4) is 17.3 Å². The van der Waals surface area contributed by atoms with Crippen LogP contribution in [0.5, 0.6) is 5.88 Å². The van der Waals surface area contributed by atoms with Crippen molar-refractivity contribution in [2.24, 2.45) is 5.92 Å². The number of hydrogen-bond donors (Lipinski definition) is 0. The van der Waals surface area contributed by atoms with Gasteiger partial charge in [0.15, 0.2) is 0 Å². The summed E-state index contributed by atoms with van der Waals surface area (Å²) in [6, 6.07) is 3.86. The first-order valence-corrected chi connectivity index (χ1v) is 8.81. The summed E-state index contributed by atoms with van der Waals surface area (Å²) >= 11 is 0. The molecule has 0 N–H and O–H groups in total. The minimum atomic E-state index is 0.0709. The van der Waals surface area contributed by atoms with E-state index in [9.17, 15) is 0 Å². The summed E-state index contributed by atoms with van der Waals surface area (Å²) in [7, 11) is 0. The molecule has 0 spiro atoms. The molecule has 1 atom stereocenters. The van der Waals surface area contributed by atoms with Crippen LogP contribution in [0.2, 0.25) is 0 Å². The molecule has 0 radical (unpaired) electrons. The molecule has 0 saturated heterocycles. The van der Waals surface area contributed by atoms with E-state index in [4.69, 9.17) is 9.26 Å². The Bertz CT molecular complexity index is 866. The molecule has 1 fully saturated rings. The molecular weight excluding hydrogens is 318 g/mol. The highest BCUT2D eigenvalue weighted by atomic mass is 16.5. The van der Waals surface area contributed by atoms with Crippen LogP contribution in [0.15, 0.2) is 35.2 Å². The highest BCUT2D eigenvalue weighted by Gasteiger charge is 2.26. The second-order valence-electron chi connectivity index (χ2n) is 6.75. The van der Waals surface area contributed by atoms with Gasteiger partial charge in [0.1, 0.15) is 11.9 Å². The predicted octanol–water partition coefficient (Wildman–Crippen LogP) is 3.04. The largest absolute Gasteiger partial charge is 0.477 e. The zero-order valence-electron chi connectivity index (χ0n) is 13.8. The number of nitrogens with zero attached hydrogens (tertiary/aromatic N) is 5. The Balaban J connectivity index is 1.34. The molecule has 4 heterocycles. The highest BCUT2D eigenvalue weighted by molar-refractivity contribution is 5.53. The van der Waals surface area contributed by atoms with Gasteiger partial charge in [-0.05, 0) is 37.7 Å². The van der Waals surface area contributed by atoms with Gasteiger partial charge in [-0.15, -0.1) is 0 Å². The monoisotopic (exact) mass is 337 g/mol. The van der Waals surface area contributed by atoms with Crippen LogP contribution in [0.25, 0.3) is 11.4 Å². The Morgan fingerprint density at radius 2 is 2.16 bits per heavy atom. The average molecular weight is 337 g/mol. The standard InChI is InChI=1S/C18H19N5O2/c1-2-14(23-9-8-19-15(23)3-1)18-21-17(22-25-18)13-6-7-16(20-10-13)24-11-12-4-5-12/h6-10,12,14H,1-5,11H2. The second-order valence-corrected chi connectivity index (χ2v) is 6.75. The lowest BCUT2D eigenvalue weighted by atomic mass is 10.0. The van der Waals surface area contributed by atoms with E-state index in [2.05, 4.69) is 24.7 Å². The smallest absolute Gasteiger partial charge is 0.250 e. The van der Waals surface area contributed by atoms with E-state index >= 15 is 0 Å². The molecule has 5 rings (SSSR count). The first kappa shape index (κ1) is 14.6. The molecule has 2 aliphatic rings. The zero-order chi connectivity index (χ0) is 16.6. The lowest BCUT2D eigenvalue weighted by Crippen LogP contribution is -2.18. The summed E-state index contributed by atoms with van der Waals surface area (Å²) < 4.78 is 13.3. The molecule has 3 aromatic rings. The van der Waals surface area contributed by atoms with E-state index < -0.39 is 0 Å². The fraction of sp³-hybridized carbons (Fsp3) is 0.444. The van der Waals surface area contributed by atoms with Crippen LogP contribution >= 0.6 is 0 Å². The molecule has 1 aliphatic heterocycles. The SMILES string of the molecule is c1cn2c(n1)CCCC2c1nc(-c2ccc(OCC3CC3)nc2)no1. The predicted molar refractivity (Wildman–Crippen MR) is 89.1 cm³/mol. The molecule has 0 aromatic carbocycles. The normalized spacial score (nSPS) is 19.6. The highest BCUT2D eigenvalue weighted by Crippen LogP contribution is 2.31. The topological polar surface area (TPSA) is 78.9 Å². The fourth-order valence-electron chi connectivity index (χ4n) is 3.23. The Kier molecular flexibility index (Phi) is 3.50. The average Bonchev–Trinajstić information content (AvgIpc) is 3.15. The van der Waals surface area contributed by atoms with Gasteiger partial charge in [-0.25, -0.2) is 9.97 Å². The number of hydrogen-bond acceptors (Lipinski definition) is 6. The quantitative estimate of drug-likeness (QED) is 0.712. The van der Waals surface area contributed by atoms with Gasteiger partial charge in [-0.3, -0.25) is 0 Å². The van der Waals surface area contributed by atoms with Crippen molar-refractivity contribution in [3.63, 3.8) is 0 Å². The number of aryl methyl sites for hydroxylation is 1. The second kappa shape index (κ2) is 5.98. The Morgan fingerprint density at radius 1 is 1.20 bits per heavy atom. The van der Waals surface area contributed by atoms with Crippen LogP contribution < -0.4 is 4.74 Å². The summed E-state index contributed by atoms with van der Waals surface area (Å²) in [6.45, 7) is 0.758. The number of rotatable bonds is 5. The Morgan fingerprint density at radius 3 is 3.00 bits per heavy atom. The molecule has 7 heteroatoms. The maximum atomic E-state index is 5.67. The Labute approximate surface area is 145 Å². The van der Waals surface area contributed by atoms with Crippen LogP contribution in [0.4, 0.5) is 0 Å². The molecule has 0 bridgehead atoms. The number of pyridine rings is 1. The van der Waals surface area contributed by atoms with Crippen molar-refractivity contribution >= 4 is 0 Å². The molecule has 0 amide bonds. The molecular formula is C18H19N5O2. The van der Waals surface area contributed by atoms with Crippen LogP contribution in [0, 0.1) is 5.92 Å². The van der Waals surface area contributed by atoms with Crippen LogP contribution in [-0.4, -0.2) is 31.3 Å².